The number of likely N-dealkylation sites (tertiary alicyclic amines) is 1. The van der Waals surface area contributed by atoms with Gasteiger partial charge in [-0.15, -0.1) is 0 Å². The Morgan fingerprint density at radius 1 is 1.25 bits per heavy atom. The Kier molecular flexibility index (Phi) is 6.65. The number of aryl methyl sites for hydroxylation is 1. The molecule has 2 aromatic rings. The van der Waals surface area contributed by atoms with E-state index in [-0.39, 0.29) is 18.4 Å². The van der Waals surface area contributed by atoms with E-state index >= 15 is 0 Å². The maximum Gasteiger partial charge on any atom is 0.277 e. The van der Waals surface area contributed by atoms with Gasteiger partial charge in [-0.05, 0) is 24.3 Å². The third-order valence-electron chi connectivity index (χ3n) is 5.24. The van der Waals surface area contributed by atoms with Crippen molar-refractivity contribution in [1.82, 2.24) is 9.47 Å². The number of halogens is 2. The van der Waals surface area contributed by atoms with Crippen LogP contribution < -0.4 is 10.2 Å². The van der Waals surface area contributed by atoms with Crippen LogP contribution in [-0.2, 0) is 16.6 Å². The fourth-order valence-corrected chi connectivity index (χ4v) is 4.24. The van der Waals surface area contributed by atoms with Gasteiger partial charge in [-0.2, -0.15) is 0 Å². The predicted octanol–water partition coefficient (Wildman–Crippen LogP) is 2.15. The first kappa shape index (κ1) is 20.7. The summed E-state index contributed by atoms with van der Waals surface area (Å²) in [6.07, 6.45) is 4.19. The monoisotopic (exact) mass is 423 g/mol. The maximum atomic E-state index is 12.7. The number of rotatable bonds is 6. The second-order valence-electron chi connectivity index (χ2n) is 7.22. The lowest BCUT2D eigenvalue weighted by Crippen LogP contribution is -3.11. The van der Waals surface area contributed by atoms with Crippen LogP contribution >= 0.6 is 23.2 Å². The lowest BCUT2D eigenvalue weighted by atomic mass is 10.1. The van der Waals surface area contributed by atoms with Gasteiger partial charge in [0.25, 0.3) is 5.91 Å². The van der Waals surface area contributed by atoms with Crippen molar-refractivity contribution >= 4 is 40.7 Å². The fourth-order valence-electron chi connectivity index (χ4n) is 3.75. The molecule has 3 rings (SSSR count). The largest absolute Gasteiger partial charge is 0.350 e. The van der Waals surface area contributed by atoms with Crippen LogP contribution in [0, 0.1) is 0 Å². The number of benzene rings is 1. The average molecular weight is 424 g/mol. The number of amides is 2. The van der Waals surface area contributed by atoms with Gasteiger partial charge in [-0.1, -0.05) is 29.3 Å². The van der Waals surface area contributed by atoms with Crippen LogP contribution in [0.25, 0.3) is 0 Å². The lowest BCUT2D eigenvalue weighted by molar-refractivity contribution is -0.911. The van der Waals surface area contributed by atoms with E-state index in [0.29, 0.717) is 28.3 Å². The highest BCUT2D eigenvalue weighted by molar-refractivity contribution is 6.39. The van der Waals surface area contributed by atoms with Crippen LogP contribution in [0.15, 0.2) is 36.5 Å². The van der Waals surface area contributed by atoms with Gasteiger partial charge in [0.2, 0.25) is 5.91 Å². The van der Waals surface area contributed by atoms with Crippen molar-refractivity contribution in [3.63, 3.8) is 0 Å². The molecule has 1 aromatic carbocycles. The van der Waals surface area contributed by atoms with Gasteiger partial charge in [0, 0.05) is 33.1 Å². The molecule has 150 valence electrons. The molecular weight excluding hydrogens is 399 g/mol. The van der Waals surface area contributed by atoms with Crippen LogP contribution in [0.3, 0.4) is 0 Å². The number of hydrogen-bond acceptors (Lipinski definition) is 2. The molecule has 2 amide bonds. The van der Waals surface area contributed by atoms with E-state index in [2.05, 4.69) is 16.0 Å². The van der Waals surface area contributed by atoms with Crippen molar-refractivity contribution < 1.29 is 14.5 Å². The zero-order valence-electron chi connectivity index (χ0n) is 16.0. The standard InChI is InChI=1S/C20H24Cl2N4O2/c1-24-10-4-8-16(24)17-9-5-11-26(17)13-19(28)25(2)12-18(27)23-20-14(21)6-3-7-15(20)22/h3-4,6-8,10,17H,5,9,11-13H2,1-2H3,(H,23,27)/p+1/t17-/m0/s1. The van der Waals surface area contributed by atoms with Gasteiger partial charge >= 0.3 is 0 Å². The lowest BCUT2D eigenvalue weighted by Gasteiger charge is -2.24. The average Bonchev–Trinajstić information content (AvgIpc) is 3.26. The molecule has 1 unspecified atom stereocenters. The number of nitrogens with zero attached hydrogens (tertiary/aromatic N) is 2. The van der Waals surface area contributed by atoms with Crippen molar-refractivity contribution in [2.45, 2.75) is 18.9 Å². The number of hydrogen-bond donors (Lipinski definition) is 2. The van der Waals surface area contributed by atoms with E-state index in [9.17, 15) is 9.59 Å². The molecule has 2 N–H and O–H groups in total. The minimum Gasteiger partial charge on any atom is -0.350 e. The van der Waals surface area contributed by atoms with E-state index in [0.717, 1.165) is 19.4 Å². The molecule has 1 aliphatic heterocycles. The van der Waals surface area contributed by atoms with E-state index in [1.54, 1.807) is 25.2 Å². The molecule has 2 heterocycles. The number of anilines is 1. The summed E-state index contributed by atoms with van der Waals surface area (Å²) in [5, 5.41) is 3.42. The van der Waals surface area contributed by atoms with Crippen molar-refractivity contribution in [1.29, 1.82) is 0 Å². The highest BCUT2D eigenvalue weighted by atomic mass is 35.5. The van der Waals surface area contributed by atoms with Gasteiger partial charge in [0.15, 0.2) is 6.54 Å². The second kappa shape index (κ2) is 8.99. The summed E-state index contributed by atoms with van der Waals surface area (Å²) in [5.41, 5.74) is 1.61. The van der Waals surface area contributed by atoms with Crippen molar-refractivity contribution in [3.05, 3.63) is 52.3 Å². The highest BCUT2D eigenvalue weighted by Crippen LogP contribution is 2.29. The number of carbonyl (C=O) groups is 2. The Bertz CT molecular complexity index is 847. The van der Waals surface area contributed by atoms with Gasteiger partial charge in [0.05, 0.1) is 34.5 Å². The summed E-state index contributed by atoms with van der Waals surface area (Å²) in [4.78, 5) is 27.7. The Labute approximate surface area is 175 Å². The Balaban J connectivity index is 1.57. The maximum absolute atomic E-state index is 12.7. The first-order valence-electron chi connectivity index (χ1n) is 9.30. The minimum atomic E-state index is -0.332. The number of carbonyl (C=O) groups excluding carboxylic acids is 2. The van der Waals surface area contributed by atoms with Gasteiger partial charge in [-0.25, -0.2) is 0 Å². The first-order chi connectivity index (χ1) is 13.4. The SMILES string of the molecule is CN(CC(=O)Nc1c(Cl)cccc1Cl)C(=O)C[NH+]1CCC[C@H]1c1cccn1C. The molecule has 0 radical (unpaired) electrons. The molecule has 1 aromatic heterocycles. The molecule has 1 saturated heterocycles. The normalized spacial score (nSPS) is 18.9. The van der Waals surface area contributed by atoms with Crippen LogP contribution in [-0.4, -0.2) is 48.0 Å². The molecule has 0 saturated carbocycles. The number of para-hydroxylation sites is 1. The van der Waals surface area contributed by atoms with Gasteiger partial charge in [0.1, 0.15) is 6.04 Å². The minimum absolute atomic E-state index is 0.0531. The quantitative estimate of drug-likeness (QED) is 0.747. The first-order valence-corrected chi connectivity index (χ1v) is 10.1. The van der Waals surface area contributed by atoms with Crippen molar-refractivity contribution in [2.24, 2.45) is 7.05 Å². The molecular formula is C20H25Cl2N4O2+. The number of likely N-dealkylation sites (N-methyl/N-ethyl adjacent to an activating group) is 1. The van der Waals surface area contributed by atoms with Crippen LogP contribution in [0.5, 0.6) is 0 Å². The number of aromatic nitrogens is 1. The fraction of sp³-hybridized carbons (Fsp3) is 0.400. The van der Waals surface area contributed by atoms with Crippen molar-refractivity contribution in [3.8, 4) is 0 Å². The highest BCUT2D eigenvalue weighted by Gasteiger charge is 2.33. The predicted molar refractivity (Wildman–Crippen MR) is 111 cm³/mol. The van der Waals surface area contributed by atoms with Crippen molar-refractivity contribution in [2.75, 3.05) is 32.0 Å². The molecule has 1 fully saturated rings. The Morgan fingerprint density at radius 2 is 1.96 bits per heavy atom. The second-order valence-corrected chi connectivity index (χ2v) is 8.03. The third kappa shape index (κ3) is 4.69. The zero-order chi connectivity index (χ0) is 20.3. The molecule has 2 atom stereocenters. The van der Waals surface area contributed by atoms with Crippen LogP contribution in [0.4, 0.5) is 5.69 Å². The smallest absolute Gasteiger partial charge is 0.277 e. The molecule has 0 bridgehead atoms. The molecule has 8 heteroatoms. The van der Waals surface area contributed by atoms with E-state index < -0.39 is 0 Å². The molecule has 28 heavy (non-hydrogen) atoms. The summed E-state index contributed by atoms with van der Waals surface area (Å²) in [5.74, 6) is -0.391. The summed E-state index contributed by atoms with van der Waals surface area (Å²) in [7, 11) is 3.67. The summed E-state index contributed by atoms with van der Waals surface area (Å²) >= 11 is 12.2. The zero-order valence-corrected chi connectivity index (χ0v) is 17.6. The van der Waals surface area contributed by atoms with E-state index in [4.69, 9.17) is 23.2 Å². The topological polar surface area (TPSA) is 58.8 Å². The molecule has 1 aliphatic rings. The van der Waals surface area contributed by atoms with Crippen LogP contribution in [0.1, 0.15) is 24.6 Å². The Hall–Kier alpha value is -2.02. The number of quaternary nitrogens is 1. The van der Waals surface area contributed by atoms with Gasteiger partial charge in [-0.3, -0.25) is 9.59 Å². The number of nitrogens with one attached hydrogen (secondary N) is 2. The summed E-state index contributed by atoms with van der Waals surface area (Å²) in [6, 6.07) is 9.47. The summed E-state index contributed by atoms with van der Waals surface area (Å²) < 4.78 is 2.12. The molecule has 6 nitrogen and oxygen atoms in total. The molecule has 0 aliphatic carbocycles. The van der Waals surface area contributed by atoms with Gasteiger partial charge < -0.3 is 19.7 Å². The third-order valence-corrected chi connectivity index (χ3v) is 5.87. The molecule has 0 spiro atoms. The van der Waals surface area contributed by atoms with E-state index in [1.165, 1.54) is 15.5 Å². The van der Waals surface area contributed by atoms with Crippen LogP contribution in [0.2, 0.25) is 10.0 Å². The van der Waals surface area contributed by atoms with E-state index in [1.807, 2.05) is 19.3 Å². The Morgan fingerprint density at radius 3 is 2.61 bits per heavy atom. The summed E-state index contributed by atoms with van der Waals surface area (Å²) in [6.45, 7) is 1.27.